The predicted octanol–water partition coefficient (Wildman–Crippen LogP) is 4.13. The smallest absolute Gasteiger partial charge is 0.254 e. The van der Waals surface area contributed by atoms with E-state index in [0.717, 1.165) is 18.5 Å². The largest absolute Gasteiger partial charge is 0.334 e. The van der Waals surface area contributed by atoms with E-state index in [0.29, 0.717) is 34.3 Å². The highest BCUT2D eigenvalue weighted by Crippen LogP contribution is 2.24. The molecule has 2 aromatic carbocycles. The summed E-state index contributed by atoms with van der Waals surface area (Å²) < 4.78 is 23.2. The summed E-state index contributed by atoms with van der Waals surface area (Å²) in [6.45, 7) is 1.80. The van der Waals surface area contributed by atoms with Crippen molar-refractivity contribution in [2.24, 2.45) is 0 Å². The van der Waals surface area contributed by atoms with Gasteiger partial charge in [0.1, 0.15) is 0 Å². The third-order valence-corrected chi connectivity index (χ3v) is 5.88. The minimum atomic E-state index is -3.18. The summed E-state index contributed by atoms with van der Waals surface area (Å²) in [5.74, 6) is -0.244. The average Bonchev–Trinajstić information content (AvgIpc) is 2.62. The van der Waals surface area contributed by atoms with E-state index in [1.807, 2.05) is 20.2 Å². The van der Waals surface area contributed by atoms with Crippen LogP contribution in [0.2, 0.25) is 10.0 Å². The van der Waals surface area contributed by atoms with Gasteiger partial charge in [-0.25, -0.2) is 8.42 Å². The predicted molar refractivity (Wildman–Crippen MR) is 119 cm³/mol. The fourth-order valence-electron chi connectivity index (χ4n) is 2.97. The summed E-state index contributed by atoms with van der Waals surface area (Å²) in [6.07, 6.45) is 1.99. The van der Waals surface area contributed by atoms with Gasteiger partial charge in [-0.2, -0.15) is 0 Å². The number of rotatable bonds is 9. The lowest BCUT2D eigenvalue weighted by molar-refractivity contribution is 0.0737. The van der Waals surface area contributed by atoms with Gasteiger partial charge >= 0.3 is 0 Å². The van der Waals surface area contributed by atoms with Gasteiger partial charge in [0.05, 0.1) is 15.8 Å². The van der Waals surface area contributed by atoms with Crippen LogP contribution in [-0.2, 0) is 22.1 Å². The van der Waals surface area contributed by atoms with Crippen LogP contribution in [0.3, 0.4) is 0 Å². The van der Waals surface area contributed by atoms with Crippen molar-refractivity contribution < 1.29 is 13.2 Å². The first-order chi connectivity index (χ1) is 13.5. The number of sulfone groups is 1. The Morgan fingerprint density at radius 1 is 0.966 bits per heavy atom. The van der Waals surface area contributed by atoms with Crippen LogP contribution >= 0.6 is 23.2 Å². The molecule has 0 heterocycles. The summed E-state index contributed by atoms with van der Waals surface area (Å²) >= 11 is 12.1. The van der Waals surface area contributed by atoms with Crippen molar-refractivity contribution in [3.05, 3.63) is 69.2 Å². The van der Waals surface area contributed by atoms with Crippen LogP contribution < -0.4 is 0 Å². The number of nitrogens with zero attached hydrogens (tertiary/aromatic N) is 2. The molecule has 29 heavy (non-hydrogen) atoms. The van der Waals surface area contributed by atoms with E-state index in [1.165, 1.54) is 6.26 Å². The molecule has 0 fully saturated rings. The highest BCUT2D eigenvalue weighted by Gasteiger charge is 2.18. The van der Waals surface area contributed by atoms with Gasteiger partial charge in [0, 0.05) is 24.9 Å². The molecule has 0 saturated heterocycles. The monoisotopic (exact) mass is 456 g/mol. The molecule has 0 bridgehead atoms. The molecule has 0 unspecified atom stereocenters. The van der Waals surface area contributed by atoms with Crippen molar-refractivity contribution in [1.82, 2.24) is 9.80 Å². The van der Waals surface area contributed by atoms with Gasteiger partial charge in [-0.1, -0.05) is 41.4 Å². The van der Waals surface area contributed by atoms with Crippen LogP contribution in [0.15, 0.2) is 42.5 Å². The molecule has 2 aromatic rings. The molecule has 0 radical (unpaired) electrons. The number of hydrogen-bond acceptors (Lipinski definition) is 4. The summed E-state index contributed by atoms with van der Waals surface area (Å²) in [4.78, 5) is 17.0. The first kappa shape index (κ1) is 23.7. The Kier molecular flexibility index (Phi) is 8.52. The summed E-state index contributed by atoms with van der Waals surface area (Å²) in [7, 11) is 0.793. The molecular weight excluding hydrogens is 431 g/mol. The Morgan fingerprint density at radius 2 is 1.69 bits per heavy atom. The van der Waals surface area contributed by atoms with Gasteiger partial charge < -0.3 is 9.80 Å². The molecule has 0 aromatic heterocycles. The summed E-state index contributed by atoms with van der Waals surface area (Å²) in [5.41, 5.74) is 1.95. The molecule has 0 saturated carbocycles. The minimum absolute atomic E-state index is 0.0957. The Hall–Kier alpha value is -1.60. The van der Waals surface area contributed by atoms with Crippen molar-refractivity contribution in [1.29, 1.82) is 0 Å². The van der Waals surface area contributed by atoms with Crippen LogP contribution in [0.1, 0.15) is 27.9 Å². The first-order valence-electron chi connectivity index (χ1n) is 9.20. The lowest BCUT2D eigenvalue weighted by atomic mass is 10.1. The molecule has 1 amide bonds. The number of carbonyl (C=O) groups excluding carboxylic acids is 1. The second-order valence-corrected chi connectivity index (χ2v) is 10.4. The normalized spacial score (nSPS) is 11.7. The lowest BCUT2D eigenvalue weighted by Gasteiger charge is -2.24. The van der Waals surface area contributed by atoms with E-state index < -0.39 is 9.84 Å². The molecule has 0 atom stereocenters. The van der Waals surface area contributed by atoms with Crippen LogP contribution in [-0.4, -0.2) is 57.6 Å². The molecule has 158 valence electrons. The third kappa shape index (κ3) is 7.97. The van der Waals surface area contributed by atoms with Crippen molar-refractivity contribution in [3.63, 3.8) is 0 Å². The maximum absolute atomic E-state index is 13.2. The van der Waals surface area contributed by atoms with E-state index in [9.17, 15) is 13.2 Å². The zero-order valence-electron chi connectivity index (χ0n) is 16.9. The van der Waals surface area contributed by atoms with E-state index in [-0.39, 0.29) is 11.7 Å². The molecule has 0 N–H and O–H groups in total. The van der Waals surface area contributed by atoms with Crippen molar-refractivity contribution in [2.45, 2.75) is 18.7 Å². The number of benzene rings is 2. The van der Waals surface area contributed by atoms with Gasteiger partial charge in [-0.05, 0) is 62.5 Å². The second-order valence-electron chi connectivity index (χ2n) is 7.40. The van der Waals surface area contributed by atoms with E-state index >= 15 is 0 Å². The van der Waals surface area contributed by atoms with Gasteiger partial charge in [0.25, 0.3) is 5.91 Å². The van der Waals surface area contributed by atoms with Crippen molar-refractivity contribution in [2.75, 3.05) is 33.4 Å². The van der Waals surface area contributed by atoms with Gasteiger partial charge in [-0.3, -0.25) is 4.79 Å². The Bertz CT molecular complexity index is 962. The number of halogens is 2. The Morgan fingerprint density at radius 3 is 2.31 bits per heavy atom. The summed E-state index contributed by atoms with van der Waals surface area (Å²) in [6, 6.07) is 12.1. The number of carbonyl (C=O) groups is 1. The molecule has 0 aliphatic heterocycles. The quantitative estimate of drug-likeness (QED) is 0.568. The van der Waals surface area contributed by atoms with Crippen LogP contribution in [0.25, 0.3) is 0 Å². The average molecular weight is 457 g/mol. The van der Waals surface area contributed by atoms with Crippen molar-refractivity contribution in [3.8, 4) is 0 Å². The highest BCUT2D eigenvalue weighted by atomic mass is 35.5. The van der Waals surface area contributed by atoms with E-state index in [1.54, 1.807) is 41.3 Å². The van der Waals surface area contributed by atoms with Gasteiger partial charge in [-0.15, -0.1) is 0 Å². The maximum Gasteiger partial charge on any atom is 0.254 e. The fourth-order valence-corrected chi connectivity index (χ4v) is 4.07. The molecule has 8 heteroatoms. The van der Waals surface area contributed by atoms with E-state index in [2.05, 4.69) is 4.90 Å². The Balaban J connectivity index is 2.25. The SMILES string of the molecule is CN(C)CCCN(Cc1ccc(Cl)c(Cl)c1)C(=O)c1cccc(CS(C)(=O)=O)c1. The number of amides is 1. The fraction of sp³-hybridized carbons (Fsp3) is 0.381. The third-order valence-electron chi connectivity index (χ3n) is 4.28. The number of hydrogen-bond donors (Lipinski definition) is 0. The van der Waals surface area contributed by atoms with Crippen LogP contribution in [0, 0.1) is 0 Å². The van der Waals surface area contributed by atoms with Gasteiger partial charge in [0.15, 0.2) is 9.84 Å². The second kappa shape index (κ2) is 10.4. The van der Waals surface area contributed by atoms with Crippen LogP contribution in [0.4, 0.5) is 0 Å². The highest BCUT2D eigenvalue weighted by molar-refractivity contribution is 7.89. The van der Waals surface area contributed by atoms with Crippen LogP contribution in [0.5, 0.6) is 0 Å². The maximum atomic E-state index is 13.2. The molecule has 0 spiro atoms. The first-order valence-corrected chi connectivity index (χ1v) is 12.0. The Labute approximate surface area is 183 Å². The zero-order valence-corrected chi connectivity index (χ0v) is 19.2. The molecule has 5 nitrogen and oxygen atoms in total. The topological polar surface area (TPSA) is 57.7 Å². The lowest BCUT2D eigenvalue weighted by Crippen LogP contribution is -2.33. The minimum Gasteiger partial charge on any atom is -0.334 e. The standard InChI is InChI=1S/C21H26Cl2N2O3S/c1-24(2)10-5-11-25(14-16-8-9-19(22)20(23)13-16)21(26)18-7-4-6-17(12-18)15-29(3,27)28/h4,6-9,12-13H,5,10-11,14-15H2,1-3H3. The molecule has 0 aliphatic carbocycles. The molecule has 2 rings (SSSR count). The summed E-state index contributed by atoms with van der Waals surface area (Å²) in [5, 5.41) is 0.911. The van der Waals surface area contributed by atoms with Gasteiger partial charge in [0.2, 0.25) is 0 Å². The molecule has 0 aliphatic rings. The zero-order chi connectivity index (χ0) is 21.6. The van der Waals surface area contributed by atoms with Crippen molar-refractivity contribution >= 4 is 38.9 Å². The molecular formula is C21H26Cl2N2O3S. The van der Waals surface area contributed by atoms with E-state index in [4.69, 9.17) is 23.2 Å².